The van der Waals surface area contributed by atoms with Gasteiger partial charge in [0.2, 0.25) is 0 Å². The Bertz CT molecular complexity index is 399. The van der Waals surface area contributed by atoms with Crippen LogP contribution in [0.4, 0.5) is 0 Å². The molecule has 0 saturated carbocycles. The van der Waals surface area contributed by atoms with Crippen molar-refractivity contribution in [2.75, 3.05) is 13.1 Å². The van der Waals surface area contributed by atoms with E-state index >= 15 is 0 Å². The van der Waals surface area contributed by atoms with Crippen LogP contribution in [0.5, 0.6) is 0 Å². The highest BCUT2D eigenvalue weighted by molar-refractivity contribution is 14.0. The standard InChI is InChI=1S/C16H25N3.HI/c1-4-6-12-18-16(17-11-5-2)19-13-15-9-7-14(3)8-10-15;/h5,7-10H,2,4,6,11-13H2,1,3H3,(H2,17,18,19);1H. The zero-order chi connectivity index (χ0) is 13.9. The molecule has 0 heterocycles. The molecule has 0 unspecified atom stereocenters. The van der Waals surface area contributed by atoms with Crippen LogP contribution in [-0.4, -0.2) is 19.0 Å². The van der Waals surface area contributed by atoms with Crippen LogP contribution in [0.15, 0.2) is 41.9 Å². The number of aliphatic imine (C=N–C) groups is 1. The van der Waals surface area contributed by atoms with E-state index < -0.39 is 0 Å². The van der Waals surface area contributed by atoms with E-state index in [9.17, 15) is 0 Å². The van der Waals surface area contributed by atoms with E-state index in [4.69, 9.17) is 0 Å². The summed E-state index contributed by atoms with van der Waals surface area (Å²) in [4.78, 5) is 4.58. The van der Waals surface area contributed by atoms with Gasteiger partial charge in [0.1, 0.15) is 0 Å². The fourth-order valence-corrected chi connectivity index (χ4v) is 1.59. The molecule has 0 aliphatic carbocycles. The summed E-state index contributed by atoms with van der Waals surface area (Å²) in [5.74, 6) is 0.855. The Hall–Kier alpha value is -1.04. The van der Waals surface area contributed by atoms with Gasteiger partial charge >= 0.3 is 0 Å². The van der Waals surface area contributed by atoms with Crippen LogP contribution in [0.25, 0.3) is 0 Å². The summed E-state index contributed by atoms with van der Waals surface area (Å²) in [6.45, 7) is 10.4. The van der Waals surface area contributed by atoms with Gasteiger partial charge in [-0.05, 0) is 18.9 Å². The Balaban J connectivity index is 0.00000361. The quantitative estimate of drug-likeness (QED) is 0.247. The van der Waals surface area contributed by atoms with Gasteiger partial charge in [0.25, 0.3) is 0 Å². The minimum atomic E-state index is 0. The van der Waals surface area contributed by atoms with Crippen molar-refractivity contribution in [3.05, 3.63) is 48.0 Å². The van der Waals surface area contributed by atoms with Crippen molar-refractivity contribution in [3.63, 3.8) is 0 Å². The van der Waals surface area contributed by atoms with Crippen LogP contribution in [-0.2, 0) is 6.54 Å². The maximum Gasteiger partial charge on any atom is 0.191 e. The molecule has 20 heavy (non-hydrogen) atoms. The smallest absolute Gasteiger partial charge is 0.191 e. The number of nitrogens with zero attached hydrogens (tertiary/aromatic N) is 1. The minimum Gasteiger partial charge on any atom is -0.356 e. The first-order chi connectivity index (χ1) is 9.26. The number of guanidine groups is 1. The summed E-state index contributed by atoms with van der Waals surface area (Å²) in [6.07, 6.45) is 4.17. The lowest BCUT2D eigenvalue weighted by atomic mass is 10.1. The molecule has 1 aromatic carbocycles. The van der Waals surface area contributed by atoms with Crippen LogP contribution in [0.2, 0.25) is 0 Å². The van der Waals surface area contributed by atoms with Crippen molar-refractivity contribution in [2.45, 2.75) is 33.2 Å². The van der Waals surface area contributed by atoms with Crippen molar-refractivity contribution < 1.29 is 0 Å². The summed E-state index contributed by atoms with van der Waals surface area (Å²) in [7, 11) is 0. The molecule has 0 spiro atoms. The van der Waals surface area contributed by atoms with Crippen LogP contribution in [0.3, 0.4) is 0 Å². The van der Waals surface area contributed by atoms with Crippen molar-refractivity contribution in [2.24, 2.45) is 4.99 Å². The van der Waals surface area contributed by atoms with Crippen LogP contribution in [0.1, 0.15) is 30.9 Å². The second kappa shape index (κ2) is 11.8. The predicted octanol–water partition coefficient (Wildman–Crippen LogP) is 3.63. The Morgan fingerprint density at radius 1 is 1.25 bits per heavy atom. The minimum absolute atomic E-state index is 0. The third kappa shape index (κ3) is 8.19. The van der Waals surface area contributed by atoms with E-state index in [-0.39, 0.29) is 24.0 Å². The molecule has 0 aromatic heterocycles. The maximum atomic E-state index is 4.58. The highest BCUT2D eigenvalue weighted by atomic mass is 127. The molecular weight excluding hydrogens is 361 g/mol. The second-order valence-corrected chi connectivity index (χ2v) is 4.60. The molecular formula is C16H26IN3. The average Bonchev–Trinajstić information content (AvgIpc) is 2.43. The van der Waals surface area contributed by atoms with E-state index in [1.54, 1.807) is 0 Å². The number of benzene rings is 1. The number of halogens is 1. The summed E-state index contributed by atoms with van der Waals surface area (Å²) in [6, 6.07) is 8.48. The van der Waals surface area contributed by atoms with Crippen LogP contribution in [0, 0.1) is 6.92 Å². The molecule has 0 radical (unpaired) electrons. The molecule has 0 aliphatic heterocycles. The Kier molecular flexibility index (Phi) is 11.1. The Morgan fingerprint density at radius 3 is 2.55 bits per heavy atom. The maximum absolute atomic E-state index is 4.58. The number of hydrogen-bond donors (Lipinski definition) is 2. The van der Waals surface area contributed by atoms with E-state index in [0.717, 1.165) is 25.5 Å². The van der Waals surface area contributed by atoms with Gasteiger partial charge in [0.05, 0.1) is 6.54 Å². The largest absolute Gasteiger partial charge is 0.356 e. The first-order valence-corrected chi connectivity index (χ1v) is 6.95. The topological polar surface area (TPSA) is 36.4 Å². The molecule has 1 aromatic rings. The van der Waals surface area contributed by atoms with Crippen molar-refractivity contribution in [1.82, 2.24) is 10.6 Å². The third-order valence-electron chi connectivity index (χ3n) is 2.78. The van der Waals surface area contributed by atoms with Crippen molar-refractivity contribution >= 4 is 29.9 Å². The summed E-state index contributed by atoms with van der Waals surface area (Å²) in [5.41, 5.74) is 2.50. The van der Waals surface area contributed by atoms with Crippen LogP contribution < -0.4 is 10.6 Å². The normalized spacial score (nSPS) is 10.6. The van der Waals surface area contributed by atoms with Gasteiger partial charge < -0.3 is 10.6 Å². The van der Waals surface area contributed by atoms with Gasteiger partial charge in [0, 0.05) is 13.1 Å². The van der Waals surface area contributed by atoms with Gasteiger partial charge in [-0.1, -0.05) is 49.2 Å². The van der Waals surface area contributed by atoms with Gasteiger partial charge in [-0.2, -0.15) is 0 Å². The van der Waals surface area contributed by atoms with Gasteiger partial charge in [-0.25, -0.2) is 4.99 Å². The second-order valence-electron chi connectivity index (χ2n) is 4.60. The molecule has 0 saturated heterocycles. The van der Waals surface area contributed by atoms with Gasteiger partial charge in [-0.3, -0.25) is 0 Å². The monoisotopic (exact) mass is 387 g/mol. The molecule has 0 fully saturated rings. The van der Waals surface area contributed by atoms with Gasteiger partial charge in [-0.15, -0.1) is 30.6 Å². The lowest BCUT2D eigenvalue weighted by Gasteiger charge is -2.11. The molecule has 2 N–H and O–H groups in total. The molecule has 112 valence electrons. The first kappa shape index (κ1) is 19.0. The zero-order valence-electron chi connectivity index (χ0n) is 12.5. The van der Waals surface area contributed by atoms with E-state index in [1.165, 1.54) is 17.5 Å². The Labute approximate surface area is 140 Å². The average molecular weight is 387 g/mol. The van der Waals surface area contributed by atoms with E-state index in [1.807, 2.05) is 6.08 Å². The molecule has 0 atom stereocenters. The Morgan fingerprint density at radius 2 is 1.95 bits per heavy atom. The lowest BCUT2D eigenvalue weighted by molar-refractivity contribution is 0.734. The number of aryl methyl sites for hydroxylation is 1. The highest BCUT2D eigenvalue weighted by Gasteiger charge is 1.97. The van der Waals surface area contributed by atoms with Gasteiger partial charge in [0.15, 0.2) is 5.96 Å². The summed E-state index contributed by atoms with van der Waals surface area (Å²) >= 11 is 0. The number of unbranched alkanes of at least 4 members (excludes halogenated alkanes) is 1. The molecule has 0 bridgehead atoms. The fraction of sp³-hybridized carbons (Fsp3) is 0.438. The summed E-state index contributed by atoms with van der Waals surface area (Å²) < 4.78 is 0. The summed E-state index contributed by atoms with van der Waals surface area (Å²) in [5, 5.41) is 6.56. The molecule has 0 amide bonds. The number of hydrogen-bond acceptors (Lipinski definition) is 1. The predicted molar refractivity (Wildman–Crippen MR) is 98.8 cm³/mol. The van der Waals surface area contributed by atoms with Crippen molar-refractivity contribution in [1.29, 1.82) is 0 Å². The molecule has 4 heteroatoms. The highest BCUT2D eigenvalue weighted by Crippen LogP contribution is 2.04. The van der Waals surface area contributed by atoms with E-state index in [2.05, 4.69) is 60.3 Å². The van der Waals surface area contributed by atoms with Crippen LogP contribution >= 0.6 is 24.0 Å². The fourth-order valence-electron chi connectivity index (χ4n) is 1.59. The third-order valence-corrected chi connectivity index (χ3v) is 2.78. The number of rotatable bonds is 7. The molecule has 1 rings (SSSR count). The van der Waals surface area contributed by atoms with E-state index in [0.29, 0.717) is 6.54 Å². The molecule has 3 nitrogen and oxygen atoms in total. The zero-order valence-corrected chi connectivity index (χ0v) is 14.8. The first-order valence-electron chi connectivity index (χ1n) is 6.95. The van der Waals surface area contributed by atoms with Crippen molar-refractivity contribution in [3.8, 4) is 0 Å². The number of nitrogens with one attached hydrogen (secondary N) is 2. The SMILES string of the molecule is C=CCNC(=NCc1ccc(C)cc1)NCCCC.I. The lowest BCUT2D eigenvalue weighted by Crippen LogP contribution is -2.37. The molecule has 0 aliphatic rings.